The second kappa shape index (κ2) is 11.0. The van der Waals surface area contributed by atoms with Gasteiger partial charge in [0.05, 0.1) is 26.4 Å². The summed E-state index contributed by atoms with van der Waals surface area (Å²) in [5.74, 6) is 0.391. The normalized spacial score (nSPS) is 25.6. The molecule has 0 bridgehead atoms. The number of anilines is 2. The van der Waals surface area contributed by atoms with Crippen molar-refractivity contribution in [2.75, 3.05) is 62.4 Å². The highest BCUT2D eigenvalue weighted by Gasteiger charge is 2.54. The Morgan fingerprint density at radius 3 is 2.07 bits per heavy atom. The fraction of sp³-hybridized carbons (Fsp3) is 0.463. The van der Waals surface area contributed by atoms with E-state index in [0.717, 1.165) is 88.2 Å². The Morgan fingerprint density at radius 2 is 1.37 bits per heavy atom. The van der Waals surface area contributed by atoms with Gasteiger partial charge in [0.1, 0.15) is 5.75 Å². The molecule has 0 aromatic heterocycles. The lowest BCUT2D eigenvalue weighted by atomic mass is 9.51. The number of benzene rings is 4. The highest BCUT2D eigenvalue weighted by Crippen LogP contribution is 2.65. The minimum Gasteiger partial charge on any atom is -0.507 e. The molecule has 2 saturated heterocycles. The van der Waals surface area contributed by atoms with Crippen LogP contribution in [0.1, 0.15) is 64.5 Å². The van der Waals surface area contributed by atoms with Crippen molar-refractivity contribution >= 4 is 22.1 Å². The third-order valence-electron chi connectivity index (χ3n) is 11.6. The van der Waals surface area contributed by atoms with Crippen molar-refractivity contribution in [3.8, 4) is 28.0 Å². The average molecular weight is 617 g/mol. The van der Waals surface area contributed by atoms with E-state index in [1.165, 1.54) is 45.6 Å². The zero-order valence-corrected chi connectivity index (χ0v) is 28.0. The molecule has 1 saturated carbocycles. The van der Waals surface area contributed by atoms with E-state index < -0.39 is 0 Å². The maximum absolute atomic E-state index is 12.0. The van der Waals surface area contributed by atoms with Crippen LogP contribution in [0.25, 0.3) is 33.0 Å². The zero-order valence-electron chi connectivity index (χ0n) is 28.0. The number of morpholine rings is 2. The van der Waals surface area contributed by atoms with Crippen LogP contribution in [-0.2, 0) is 14.9 Å². The van der Waals surface area contributed by atoms with E-state index >= 15 is 0 Å². The quantitative estimate of drug-likeness (QED) is 0.248. The standard InChI is InChI=1S/C41H48N2O3/c1-5-40(4)25-39(2,3)26-41(27-40)34-9-7-6-8-30(34)38-33-23-36(43-16-20-46-21-17-43)31(22-32(33)37(44)24-35(38)41)28-10-12-29(13-11-28)42-14-18-45-19-15-42/h6-13,22-24,44H,5,14-21,25-27H2,1-4H3. The molecule has 2 unspecified atom stereocenters. The van der Waals surface area contributed by atoms with Gasteiger partial charge >= 0.3 is 0 Å². The molecule has 3 fully saturated rings. The van der Waals surface area contributed by atoms with Gasteiger partial charge in [-0.15, -0.1) is 0 Å². The highest BCUT2D eigenvalue weighted by molar-refractivity contribution is 6.09. The lowest BCUT2D eigenvalue weighted by Gasteiger charge is -2.53. The third kappa shape index (κ3) is 4.81. The van der Waals surface area contributed by atoms with E-state index in [0.29, 0.717) is 5.75 Å². The summed E-state index contributed by atoms with van der Waals surface area (Å²) < 4.78 is 11.4. The van der Waals surface area contributed by atoms with Crippen LogP contribution in [0.4, 0.5) is 11.4 Å². The molecule has 1 spiro atoms. The van der Waals surface area contributed by atoms with Crippen molar-refractivity contribution in [3.05, 3.63) is 77.9 Å². The van der Waals surface area contributed by atoms with Gasteiger partial charge in [-0.05, 0) is 93.6 Å². The first-order valence-corrected chi connectivity index (χ1v) is 17.4. The minimum absolute atomic E-state index is 0.114. The van der Waals surface area contributed by atoms with Crippen LogP contribution in [0.3, 0.4) is 0 Å². The smallest absolute Gasteiger partial charge is 0.123 e. The van der Waals surface area contributed by atoms with Crippen LogP contribution >= 0.6 is 0 Å². The van der Waals surface area contributed by atoms with Gasteiger partial charge in [0.2, 0.25) is 0 Å². The summed E-state index contributed by atoms with van der Waals surface area (Å²) in [5.41, 5.74) is 10.5. The topological polar surface area (TPSA) is 45.2 Å². The van der Waals surface area contributed by atoms with Crippen LogP contribution < -0.4 is 9.80 Å². The molecule has 5 heteroatoms. The lowest BCUT2D eigenvalue weighted by Crippen LogP contribution is -2.44. The molecule has 8 rings (SSSR count). The van der Waals surface area contributed by atoms with Gasteiger partial charge in [-0.2, -0.15) is 0 Å². The number of phenols is 1. The van der Waals surface area contributed by atoms with Crippen LogP contribution in [0.5, 0.6) is 5.75 Å². The summed E-state index contributed by atoms with van der Waals surface area (Å²) in [6, 6.07) is 24.9. The predicted octanol–water partition coefficient (Wildman–Crippen LogP) is 8.78. The van der Waals surface area contributed by atoms with E-state index in [9.17, 15) is 5.11 Å². The minimum atomic E-state index is -0.114. The van der Waals surface area contributed by atoms with Crippen molar-refractivity contribution in [1.29, 1.82) is 0 Å². The molecule has 0 radical (unpaired) electrons. The first-order chi connectivity index (χ1) is 22.2. The zero-order chi connectivity index (χ0) is 31.7. The van der Waals surface area contributed by atoms with Gasteiger partial charge in [0.15, 0.2) is 0 Å². The third-order valence-corrected chi connectivity index (χ3v) is 11.6. The summed E-state index contributed by atoms with van der Waals surface area (Å²) in [5, 5.41) is 14.1. The van der Waals surface area contributed by atoms with E-state index in [2.05, 4.69) is 104 Å². The van der Waals surface area contributed by atoms with Crippen molar-refractivity contribution in [2.45, 2.75) is 58.8 Å². The molecule has 2 atom stereocenters. The van der Waals surface area contributed by atoms with Gasteiger partial charge in [0, 0.05) is 53.9 Å². The Hall–Kier alpha value is -3.54. The molecule has 4 aromatic rings. The largest absolute Gasteiger partial charge is 0.507 e. The second-order valence-corrected chi connectivity index (χ2v) is 15.5. The van der Waals surface area contributed by atoms with Gasteiger partial charge < -0.3 is 24.4 Å². The fourth-order valence-corrected chi connectivity index (χ4v) is 9.86. The molecular weight excluding hydrogens is 568 g/mol. The van der Waals surface area contributed by atoms with Gasteiger partial charge in [0.25, 0.3) is 0 Å². The number of ether oxygens (including phenoxy) is 2. The summed E-state index contributed by atoms with van der Waals surface area (Å²) in [6.07, 6.45) is 4.58. The van der Waals surface area contributed by atoms with Crippen molar-refractivity contribution in [1.82, 2.24) is 0 Å². The Balaban J connectivity index is 1.34. The van der Waals surface area contributed by atoms with Crippen molar-refractivity contribution < 1.29 is 14.6 Å². The molecule has 5 nitrogen and oxygen atoms in total. The summed E-state index contributed by atoms with van der Waals surface area (Å²) in [4.78, 5) is 4.88. The average Bonchev–Trinajstić information content (AvgIpc) is 3.32. The summed E-state index contributed by atoms with van der Waals surface area (Å²) in [6.45, 7) is 16.3. The molecule has 240 valence electrons. The first-order valence-electron chi connectivity index (χ1n) is 17.4. The van der Waals surface area contributed by atoms with Crippen LogP contribution in [0.2, 0.25) is 0 Å². The van der Waals surface area contributed by atoms with E-state index in [1.54, 1.807) is 0 Å². The number of fused-ring (bicyclic) bond motifs is 7. The molecule has 2 aliphatic heterocycles. The van der Waals surface area contributed by atoms with E-state index in [4.69, 9.17) is 9.47 Å². The number of nitrogens with zero attached hydrogens (tertiary/aromatic N) is 2. The number of phenolic OH excluding ortho intramolecular Hbond substituents is 1. The molecule has 0 amide bonds. The Kier molecular flexibility index (Phi) is 7.15. The number of hydrogen-bond donors (Lipinski definition) is 1. The number of aromatic hydroxyl groups is 1. The van der Waals surface area contributed by atoms with Gasteiger partial charge in [-0.3, -0.25) is 0 Å². The van der Waals surface area contributed by atoms with E-state index in [1.807, 2.05) is 0 Å². The van der Waals surface area contributed by atoms with Crippen LogP contribution in [0.15, 0.2) is 66.7 Å². The summed E-state index contributed by atoms with van der Waals surface area (Å²) in [7, 11) is 0. The second-order valence-electron chi connectivity index (χ2n) is 15.5. The maximum atomic E-state index is 12.0. The van der Waals surface area contributed by atoms with Crippen molar-refractivity contribution in [2.24, 2.45) is 10.8 Å². The first kappa shape index (κ1) is 29.8. The fourth-order valence-electron chi connectivity index (χ4n) is 9.86. The van der Waals surface area contributed by atoms with Crippen molar-refractivity contribution in [3.63, 3.8) is 0 Å². The molecule has 2 heterocycles. The van der Waals surface area contributed by atoms with Crippen LogP contribution in [-0.4, -0.2) is 57.7 Å². The number of rotatable bonds is 4. The Labute approximate surface area is 274 Å². The molecule has 2 aliphatic carbocycles. The maximum Gasteiger partial charge on any atom is 0.123 e. The molecule has 46 heavy (non-hydrogen) atoms. The summed E-state index contributed by atoms with van der Waals surface area (Å²) >= 11 is 0. The SMILES string of the molecule is CCC1(C)CC(C)(C)CC2(C1)c1ccccc1-c1c2cc(O)c2cc(-c3ccc(N4CCOCC4)cc3)c(N3CCOCC3)cc12. The number of hydrogen-bond acceptors (Lipinski definition) is 5. The highest BCUT2D eigenvalue weighted by atomic mass is 16.5. The molecular formula is C41H48N2O3. The van der Waals surface area contributed by atoms with E-state index in [-0.39, 0.29) is 16.2 Å². The Bertz CT molecular complexity index is 1780. The van der Waals surface area contributed by atoms with Gasteiger partial charge in [-0.25, -0.2) is 0 Å². The molecule has 4 aromatic carbocycles. The monoisotopic (exact) mass is 616 g/mol. The molecule has 4 aliphatic rings. The van der Waals surface area contributed by atoms with Gasteiger partial charge in [-0.1, -0.05) is 70.5 Å². The Morgan fingerprint density at radius 1 is 0.696 bits per heavy atom. The van der Waals surface area contributed by atoms with Crippen LogP contribution in [0, 0.1) is 10.8 Å². The predicted molar refractivity (Wildman–Crippen MR) is 189 cm³/mol. The molecule has 1 N–H and O–H groups in total. The lowest BCUT2D eigenvalue weighted by molar-refractivity contribution is 0.0481.